The van der Waals surface area contributed by atoms with Gasteiger partial charge in [-0.1, -0.05) is 23.5 Å². The third-order valence-corrected chi connectivity index (χ3v) is 4.00. The van der Waals surface area contributed by atoms with Crippen molar-refractivity contribution in [2.24, 2.45) is 0 Å². The normalized spacial score (nSPS) is 10.2. The Morgan fingerprint density at radius 1 is 1.60 bits per heavy atom. The molecule has 4 nitrogen and oxygen atoms in total. The minimum atomic E-state index is -0.423. The van der Waals surface area contributed by atoms with Crippen LogP contribution in [-0.4, -0.2) is 10.5 Å². The highest BCUT2D eigenvalue weighted by Crippen LogP contribution is 2.23. The first kappa shape index (κ1) is 14.4. The monoisotopic (exact) mass is 309 g/mol. The molecule has 2 aromatic rings. The number of aromatic nitrogens is 1. The zero-order valence-corrected chi connectivity index (χ0v) is 12.1. The maximum absolute atomic E-state index is 13.1. The molecule has 1 aromatic heterocycles. The van der Waals surface area contributed by atoms with Crippen molar-refractivity contribution in [1.82, 2.24) is 4.57 Å². The number of carbonyl (C=O) groups excluding carboxylic acids is 1. The van der Waals surface area contributed by atoms with Crippen molar-refractivity contribution in [2.45, 2.75) is 6.54 Å². The van der Waals surface area contributed by atoms with E-state index in [9.17, 15) is 9.18 Å². The Morgan fingerprint density at radius 3 is 3.00 bits per heavy atom. The number of rotatable bonds is 4. The zero-order valence-electron chi connectivity index (χ0n) is 10.4. The number of halogens is 1. The van der Waals surface area contributed by atoms with Gasteiger partial charge >= 0.3 is 0 Å². The molecule has 2 rings (SSSR count). The van der Waals surface area contributed by atoms with Crippen LogP contribution in [0.25, 0.3) is 0 Å². The van der Waals surface area contributed by atoms with E-state index in [-0.39, 0.29) is 5.82 Å². The van der Waals surface area contributed by atoms with Crippen LogP contribution in [0.15, 0.2) is 36.9 Å². The predicted molar refractivity (Wildman–Crippen MR) is 82.1 cm³/mol. The van der Waals surface area contributed by atoms with Crippen LogP contribution in [0, 0.1) is 9.77 Å². The molecule has 104 valence electrons. The van der Waals surface area contributed by atoms with Crippen molar-refractivity contribution < 1.29 is 9.18 Å². The van der Waals surface area contributed by atoms with Gasteiger partial charge in [-0.05, 0) is 30.4 Å². The van der Waals surface area contributed by atoms with Crippen LogP contribution in [0.1, 0.15) is 9.67 Å². The van der Waals surface area contributed by atoms with Gasteiger partial charge in [0.1, 0.15) is 16.5 Å². The Labute approximate surface area is 124 Å². The number of hydrogen-bond donors (Lipinski definition) is 2. The van der Waals surface area contributed by atoms with Crippen LogP contribution in [-0.2, 0) is 6.54 Å². The summed E-state index contributed by atoms with van der Waals surface area (Å²) in [5.41, 5.74) is 6.26. The van der Waals surface area contributed by atoms with Crippen molar-refractivity contribution in [3.05, 3.63) is 51.6 Å². The molecule has 0 atom stereocenters. The lowest BCUT2D eigenvalue weighted by atomic mass is 10.3. The third kappa shape index (κ3) is 2.94. The summed E-state index contributed by atoms with van der Waals surface area (Å²) in [5.74, 6) is -0.548. The highest BCUT2D eigenvalue weighted by Gasteiger charge is 2.16. The summed E-state index contributed by atoms with van der Waals surface area (Å²) in [6.07, 6.45) is 1.65. The molecule has 1 aromatic carbocycles. The minimum absolute atomic E-state index is 0.286. The lowest BCUT2D eigenvalue weighted by molar-refractivity contribution is 0.103. The molecule has 0 saturated carbocycles. The zero-order chi connectivity index (χ0) is 14.7. The second kappa shape index (κ2) is 5.98. The standard InChI is InChI=1S/C13H12FN3OS2/c1-2-6-17-11(15)10(20-13(17)19)12(18)16-9-5-3-4-8(14)7-9/h2-5,7H,1,6,15H2,(H,16,18). The Morgan fingerprint density at radius 2 is 2.35 bits per heavy atom. The van der Waals surface area contributed by atoms with Gasteiger partial charge in [0, 0.05) is 12.2 Å². The molecule has 0 fully saturated rings. The SMILES string of the molecule is C=CCn1c(N)c(C(=O)Nc2cccc(F)c2)sc1=S. The first-order valence-corrected chi connectivity index (χ1v) is 6.92. The van der Waals surface area contributed by atoms with Crippen LogP contribution in [0.4, 0.5) is 15.9 Å². The fourth-order valence-electron chi connectivity index (χ4n) is 1.63. The highest BCUT2D eigenvalue weighted by atomic mass is 32.1. The fourth-order valence-corrected chi connectivity index (χ4v) is 2.87. The van der Waals surface area contributed by atoms with Gasteiger partial charge in [-0.25, -0.2) is 4.39 Å². The first-order chi connectivity index (χ1) is 9.52. The number of nitrogens with zero attached hydrogens (tertiary/aromatic N) is 1. The molecule has 7 heteroatoms. The second-order valence-corrected chi connectivity index (χ2v) is 5.59. The molecule has 0 saturated heterocycles. The lowest BCUT2D eigenvalue weighted by Crippen LogP contribution is -2.13. The summed E-state index contributed by atoms with van der Waals surface area (Å²) in [7, 11) is 0. The van der Waals surface area contributed by atoms with E-state index in [1.165, 1.54) is 18.2 Å². The summed E-state index contributed by atoms with van der Waals surface area (Å²) >= 11 is 6.26. The molecule has 0 bridgehead atoms. The summed E-state index contributed by atoms with van der Waals surface area (Å²) in [6, 6.07) is 5.64. The topological polar surface area (TPSA) is 60.0 Å². The summed E-state index contributed by atoms with van der Waals surface area (Å²) in [6.45, 7) is 4.05. The minimum Gasteiger partial charge on any atom is -0.384 e. The van der Waals surface area contributed by atoms with E-state index in [0.717, 1.165) is 11.3 Å². The highest BCUT2D eigenvalue weighted by molar-refractivity contribution is 7.73. The third-order valence-electron chi connectivity index (χ3n) is 2.53. The van der Waals surface area contributed by atoms with E-state index >= 15 is 0 Å². The molecule has 1 heterocycles. The molecule has 3 N–H and O–H groups in total. The number of benzene rings is 1. The van der Waals surface area contributed by atoms with Gasteiger partial charge in [0.2, 0.25) is 0 Å². The quantitative estimate of drug-likeness (QED) is 0.672. The average Bonchev–Trinajstić information content (AvgIpc) is 2.67. The number of hydrogen-bond acceptors (Lipinski definition) is 4. The molecule has 1 amide bonds. The maximum Gasteiger partial charge on any atom is 0.269 e. The Bertz CT molecular complexity index is 721. The van der Waals surface area contributed by atoms with Crippen LogP contribution >= 0.6 is 23.6 Å². The summed E-state index contributed by atoms with van der Waals surface area (Å²) in [5, 5.41) is 2.59. The number of thiazole rings is 1. The van der Waals surface area contributed by atoms with Crippen molar-refractivity contribution in [3.63, 3.8) is 0 Å². The van der Waals surface area contributed by atoms with Gasteiger partial charge < -0.3 is 15.6 Å². The number of nitrogens with one attached hydrogen (secondary N) is 1. The fraction of sp³-hybridized carbons (Fsp3) is 0.0769. The van der Waals surface area contributed by atoms with Gasteiger partial charge in [0.25, 0.3) is 5.91 Å². The number of allylic oxidation sites excluding steroid dienone is 1. The Hall–Kier alpha value is -1.99. The summed E-state index contributed by atoms with van der Waals surface area (Å²) in [4.78, 5) is 12.4. The van der Waals surface area contributed by atoms with Crippen molar-refractivity contribution >= 4 is 41.0 Å². The van der Waals surface area contributed by atoms with Crippen molar-refractivity contribution in [2.75, 3.05) is 11.1 Å². The van der Waals surface area contributed by atoms with Gasteiger partial charge in [-0.3, -0.25) is 4.79 Å². The molecule has 20 heavy (non-hydrogen) atoms. The predicted octanol–water partition coefficient (Wildman–Crippen LogP) is 3.44. The average molecular weight is 309 g/mol. The number of nitrogen functional groups attached to an aromatic ring is 1. The molecular weight excluding hydrogens is 297 g/mol. The van der Waals surface area contributed by atoms with E-state index in [1.807, 2.05) is 0 Å². The van der Waals surface area contributed by atoms with Crippen molar-refractivity contribution in [1.29, 1.82) is 0 Å². The second-order valence-electron chi connectivity index (χ2n) is 3.95. The van der Waals surface area contributed by atoms with Gasteiger partial charge in [0.05, 0.1) is 0 Å². The number of carbonyl (C=O) groups is 1. The van der Waals surface area contributed by atoms with Crippen LogP contribution in [0.5, 0.6) is 0 Å². The van der Waals surface area contributed by atoms with Gasteiger partial charge in [0.15, 0.2) is 3.95 Å². The lowest BCUT2D eigenvalue weighted by Gasteiger charge is -2.05. The van der Waals surface area contributed by atoms with E-state index in [0.29, 0.717) is 21.1 Å². The Balaban J connectivity index is 2.28. The molecule has 0 unspecified atom stereocenters. The molecule has 0 spiro atoms. The van der Waals surface area contributed by atoms with Crippen molar-refractivity contribution in [3.8, 4) is 0 Å². The maximum atomic E-state index is 13.1. The molecule has 0 radical (unpaired) electrons. The molecule has 0 aliphatic heterocycles. The number of anilines is 2. The van der Waals surface area contributed by atoms with Gasteiger partial charge in [-0.2, -0.15) is 0 Å². The van der Waals surface area contributed by atoms with E-state index in [1.54, 1.807) is 16.7 Å². The Kier molecular flexibility index (Phi) is 4.31. The summed E-state index contributed by atoms with van der Waals surface area (Å²) < 4.78 is 15.2. The molecule has 0 aliphatic carbocycles. The van der Waals surface area contributed by atoms with E-state index < -0.39 is 11.7 Å². The number of nitrogens with two attached hydrogens (primary N) is 1. The van der Waals surface area contributed by atoms with E-state index in [2.05, 4.69) is 11.9 Å². The van der Waals surface area contributed by atoms with Crippen LogP contribution in [0.3, 0.4) is 0 Å². The van der Waals surface area contributed by atoms with Crippen LogP contribution < -0.4 is 11.1 Å². The van der Waals surface area contributed by atoms with Gasteiger partial charge in [-0.15, -0.1) is 6.58 Å². The smallest absolute Gasteiger partial charge is 0.269 e. The molecule has 0 aliphatic rings. The largest absolute Gasteiger partial charge is 0.384 e. The number of amides is 1. The van der Waals surface area contributed by atoms with E-state index in [4.69, 9.17) is 18.0 Å². The van der Waals surface area contributed by atoms with Crippen LogP contribution in [0.2, 0.25) is 0 Å². The first-order valence-electron chi connectivity index (χ1n) is 5.70. The molecular formula is C13H12FN3OS2.